The molecule has 1 aromatic carbocycles. The average molecular weight is 522 g/mol. The molecule has 0 bridgehead atoms. The van der Waals surface area contributed by atoms with E-state index in [0.717, 1.165) is 0 Å². The van der Waals surface area contributed by atoms with Gasteiger partial charge in [-0.3, -0.25) is 19.7 Å². The van der Waals surface area contributed by atoms with Crippen molar-refractivity contribution in [3.05, 3.63) is 23.8 Å². The van der Waals surface area contributed by atoms with Crippen LogP contribution in [0.4, 0.5) is 0 Å². The molecule has 2 N–H and O–H groups in total. The van der Waals surface area contributed by atoms with Crippen molar-refractivity contribution in [2.75, 3.05) is 0 Å². The molecule has 9 heteroatoms. The van der Waals surface area contributed by atoms with Crippen molar-refractivity contribution < 1.29 is 38.5 Å². The Bertz CT molecular complexity index is 940. The van der Waals surface area contributed by atoms with Gasteiger partial charge in [0.05, 0.1) is 0 Å². The third-order valence-electron chi connectivity index (χ3n) is 5.36. The number of hydrogen-bond donors (Lipinski definition) is 2. The lowest BCUT2D eigenvalue weighted by Crippen LogP contribution is -2.59. The topological polar surface area (TPSA) is 128 Å². The second-order valence-corrected chi connectivity index (χ2v) is 10.8. The van der Waals surface area contributed by atoms with Crippen molar-refractivity contribution in [1.82, 2.24) is 5.32 Å². The van der Waals surface area contributed by atoms with Crippen LogP contribution < -0.4 is 14.8 Å². The Morgan fingerprint density at radius 2 is 1.30 bits per heavy atom. The molecule has 0 heterocycles. The second kappa shape index (κ2) is 14.7. The maximum absolute atomic E-state index is 12.6. The van der Waals surface area contributed by atoms with Crippen LogP contribution in [0.25, 0.3) is 0 Å². The van der Waals surface area contributed by atoms with Gasteiger partial charge in [-0.2, -0.15) is 0 Å². The van der Waals surface area contributed by atoms with Gasteiger partial charge in [0, 0.05) is 31.7 Å². The van der Waals surface area contributed by atoms with Gasteiger partial charge in [0.2, 0.25) is 0 Å². The second-order valence-electron chi connectivity index (χ2n) is 10.8. The van der Waals surface area contributed by atoms with Gasteiger partial charge in [-0.05, 0) is 48.8 Å². The standard InChI is InChI=1S/C28H43NO8/c1-9-20(8)29-28(27(33)34,37-26(32)14-19(6)7)16-21-10-11-22(35-24(30)12-17(2)3)23(15-21)36-25(31)13-18(4)5/h10-11,15,17-20,29H,9,12-14,16H2,1-8H3,(H,33,34)/t20?,28-/m0/s1. The fraction of sp³-hybridized carbons (Fsp3) is 0.643. The minimum Gasteiger partial charge on any atom is -0.477 e. The summed E-state index contributed by atoms with van der Waals surface area (Å²) in [5.41, 5.74) is -1.64. The lowest BCUT2D eigenvalue weighted by Gasteiger charge is -2.33. The van der Waals surface area contributed by atoms with Gasteiger partial charge in [0.15, 0.2) is 11.5 Å². The van der Waals surface area contributed by atoms with Gasteiger partial charge in [-0.15, -0.1) is 0 Å². The van der Waals surface area contributed by atoms with Crippen LogP contribution in [-0.2, 0) is 30.3 Å². The van der Waals surface area contributed by atoms with Crippen LogP contribution in [-0.4, -0.2) is 40.8 Å². The van der Waals surface area contributed by atoms with Gasteiger partial charge in [0.1, 0.15) is 0 Å². The molecular weight excluding hydrogens is 478 g/mol. The van der Waals surface area contributed by atoms with Crippen molar-refractivity contribution in [1.29, 1.82) is 0 Å². The van der Waals surface area contributed by atoms with Crippen LogP contribution in [0.3, 0.4) is 0 Å². The maximum Gasteiger partial charge on any atom is 0.364 e. The predicted molar refractivity (Wildman–Crippen MR) is 139 cm³/mol. The normalized spacial score (nSPS) is 13.8. The summed E-state index contributed by atoms with van der Waals surface area (Å²) >= 11 is 0. The number of ether oxygens (including phenoxy) is 3. The molecule has 0 spiro atoms. The first-order valence-corrected chi connectivity index (χ1v) is 12.9. The smallest absolute Gasteiger partial charge is 0.364 e. The summed E-state index contributed by atoms with van der Waals surface area (Å²) in [7, 11) is 0. The number of rotatable bonds is 15. The molecule has 37 heavy (non-hydrogen) atoms. The van der Waals surface area contributed by atoms with E-state index in [-0.39, 0.29) is 61.0 Å². The van der Waals surface area contributed by atoms with E-state index in [9.17, 15) is 24.3 Å². The molecule has 0 aliphatic rings. The Morgan fingerprint density at radius 3 is 1.76 bits per heavy atom. The minimum absolute atomic E-state index is 0.00316. The predicted octanol–water partition coefficient (Wildman–Crippen LogP) is 4.89. The highest BCUT2D eigenvalue weighted by Crippen LogP contribution is 2.32. The number of esters is 3. The number of hydrogen-bond acceptors (Lipinski definition) is 8. The van der Waals surface area contributed by atoms with E-state index in [2.05, 4.69) is 5.32 Å². The zero-order valence-corrected chi connectivity index (χ0v) is 23.4. The Morgan fingerprint density at radius 1 is 0.811 bits per heavy atom. The monoisotopic (exact) mass is 521 g/mol. The highest BCUT2D eigenvalue weighted by molar-refractivity contribution is 5.82. The largest absolute Gasteiger partial charge is 0.477 e. The van der Waals surface area contributed by atoms with Crippen LogP contribution in [0, 0.1) is 17.8 Å². The van der Waals surface area contributed by atoms with Crippen molar-refractivity contribution >= 4 is 23.9 Å². The summed E-state index contributed by atoms with van der Waals surface area (Å²) in [6.07, 6.45) is 0.726. The average Bonchev–Trinajstić information content (AvgIpc) is 2.73. The quantitative estimate of drug-likeness (QED) is 0.188. The summed E-state index contributed by atoms with van der Waals surface area (Å²) < 4.78 is 16.5. The number of carboxylic acid groups (broad SMARTS) is 1. The number of aliphatic carboxylic acids is 1. The van der Waals surface area contributed by atoms with Gasteiger partial charge in [-0.1, -0.05) is 54.5 Å². The molecule has 208 valence electrons. The molecule has 0 radical (unpaired) electrons. The Hall–Kier alpha value is -2.94. The molecule has 0 aromatic heterocycles. The SMILES string of the molecule is CCC(C)N[C@@](Cc1ccc(OC(=O)CC(C)C)c(OC(=O)CC(C)C)c1)(OC(=O)CC(C)C)C(=O)O. The van der Waals surface area contributed by atoms with Crippen LogP contribution in [0.1, 0.15) is 86.6 Å². The Labute approximate surface area is 220 Å². The molecule has 1 rings (SSSR count). The first-order chi connectivity index (χ1) is 17.2. The molecular formula is C28H43NO8. The van der Waals surface area contributed by atoms with E-state index < -0.39 is 29.6 Å². The van der Waals surface area contributed by atoms with Crippen molar-refractivity contribution in [2.45, 2.75) is 99.3 Å². The van der Waals surface area contributed by atoms with Crippen molar-refractivity contribution in [3.63, 3.8) is 0 Å². The summed E-state index contributed by atoms with van der Waals surface area (Å²) in [5, 5.41) is 13.1. The van der Waals surface area contributed by atoms with Crippen LogP contribution in [0.15, 0.2) is 18.2 Å². The molecule has 0 aliphatic carbocycles. The van der Waals surface area contributed by atoms with Crippen molar-refractivity contribution in [3.8, 4) is 11.5 Å². The first kappa shape index (κ1) is 32.1. The van der Waals surface area contributed by atoms with E-state index in [1.807, 2.05) is 48.5 Å². The summed E-state index contributed by atoms with van der Waals surface area (Å²) in [6.45, 7) is 14.8. The van der Waals surface area contributed by atoms with E-state index in [1.54, 1.807) is 13.0 Å². The van der Waals surface area contributed by atoms with Gasteiger partial charge < -0.3 is 19.3 Å². The van der Waals surface area contributed by atoms with Crippen molar-refractivity contribution in [2.24, 2.45) is 17.8 Å². The summed E-state index contributed by atoms with van der Waals surface area (Å²) in [4.78, 5) is 49.8. The van der Waals surface area contributed by atoms with Crippen LogP contribution in [0.5, 0.6) is 11.5 Å². The molecule has 1 unspecified atom stereocenters. The molecule has 0 saturated carbocycles. The van der Waals surface area contributed by atoms with E-state index in [4.69, 9.17) is 14.2 Å². The summed E-state index contributed by atoms with van der Waals surface area (Å²) in [5.74, 6) is -2.84. The number of carbonyl (C=O) groups excluding carboxylic acids is 3. The van der Waals surface area contributed by atoms with Gasteiger partial charge in [0.25, 0.3) is 5.72 Å². The Balaban J connectivity index is 3.45. The zero-order valence-electron chi connectivity index (χ0n) is 23.4. The zero-order chi connectivity index (χ0) is 28.3. The number of nitrogens with one attached hydrogen (secondary N) is 1. The van der Waals surface area contributed by atoms with Gasteiger partial charge in [-0.25, -0.2) is 4.79 Å². The Kier molecular flexibility index (Phi) is 12.8. The van der Waals surface area contributed by atoms with E-state index in [1.165, 1.54) is 12.1 Å². The number of carbonyl (C=O) groups is 4. The lowest BCUT2D eigenvalue weighted by molar-refractivity contribution is -0.185. The molecule has 0 saturated heterocycles. The van der Waals surface area contributed by atoms with E-state index in [0.29, 0.717) is 12.0 Å². The molecule has 1 aromatic rings. The molecule has 0 fully saturated rings. The first-order valence-electron chi connectivity index (χ1n) is 12.9. The highest BCUT2D eigenvalue weighted by Gasteiger charge is 2.44. The summed E-state index contributed by atoms with van der Waals surface area (Å²) in [6, 6.07) is 4.19. The fourth-order valence-corrected chi connectivity index (χ4v) is 3.48. The van der Waals surface area contributed by atoms with Gasteiger partial charge >= 0.3 is 23.9 Å². The van der Waals surface area contributed by atoms with Crippen LogP contribution >= 0.6 is 0 Å². The lowest BCUT2D eigenvalue weighted by atomic mass is 9.99. The number of carboxylic acids is 1. The van der Waals surface area contributed by atoms with Crippen LogP contribution in [0.2, 0.25) is 0 Å². The molecule has 0 amide bonds. The number of benzene rings is 1. The minimum atomic E-state index is -2.05. The molecule has 9 nitrogen and oxygen atoms in total. The molecule has 2 atom stereocenters. The third-order valence-corrected chi connectivity index (χ3v) is 5.36. The third kappa shape index (κ3) is 11.3. The fourth-order valence-electron chi connectivity index (χ4n) is 3.48. The highest BCUT2D eigenvalue weighted by atomic mass is 16.6. The van der Waals surface area contributed by atoms with E-state index >= 15 is 0 Å². The molecule has 0 aliphatic heterocycles. The maximum atomic E-state index is 12.6.